The van der Waals surface area contributed by atoms with Crippen molar-refractivity contribution in [3.8, 4) is 11.5 Å². The first-order chi connectivity index (χ1) is 18.0. The summed E-state index contributed by atoms with van der Waals surface area (Å²) in [4.78, 5) is 48.0. The van der Waals surface area contributed by atoms with Crippen molar-refractivity contribution in [2.75, 3.05) is 19.8 Å². The minimum atomic E-state index is -1.08. The molecular formula is C26H39NO11. The lowest BCUT2D eigenvalue weighted by molar-refractivity contribution is -0.148. The first kappa shape index (κ1) is 32.5. The summed E-state index contributed by atoms with van der Waals surface area (Å²) in [5.41, 5.74) is 6.47. The van der Waals surface area contributed by atoms with Gasteiger partial charge in [-0.1, -0.05) is 32.8 Å². The molecule has 0 aliphatic rings. The SMILES string of the molecule is CCCCOC(=O)Oc1ccc(C[C@H](N)C(=O)OC[C@H](C)OC(=O)OC(C)C)cc1OC(=O)OCCCC. The van der Waals surface area contributed by atoms with E-state index >= 15 is 0 Å². The average Bonchev–Trinajstić information content (AvgIpc) is 2.83. The van der Waals surface area contributed by atoms with Gasteiger partial charge in [0, 0.05) is 0 Å². The second-order valence-electron chi connectivity index (χ2n) is 8.67. The van der Waals surface area contributed by atoms with E-state index in [-0.39, 0.29) is 43.8 Å². The molecule has 0 radical (unpaired) electrons. The Kier molecular flexibility index (Phi) is 15.2. The third kappa shape index (κ3) is 13.7. The van der Waals surface area contributed by atoms with Crippen LogP contribution in [0.3, 0.4) is 0 Å². The number of rotatable bonds is 15. The quantitative estimate of drug-likeness (QED) is 0.142. The topological polar surface area (TPSA) is 159 Å². The lowest BCUT2D eigenvalue weighted by Gasteiger charge is -2.17. The highest BCUT2D eigenvalue weighted by atomic mass is 16.7. The van der Waals surface area contributed by atoms with Crippen molar-refractivity contribution < 1.29 is 52.3 Å². The van der Waals surface area contributed by atoms with Gasteiger partial charge in [0.25, 0.3) is 0 Å². The third-order valence-electron chi connectivity index (χ3n) is 4.68. The van der Waals surface area contributed by atoms with Crippen molar-refractivity contribution in [1.29, 1.82) is 0 Å². The van der Waals surface area contributed by atoms with Crippen molar-refractivity contribution in [2.45, 2.75) is 85.0 Å². The Labute approximate surface area is 223 Å². The van der Waals surface area contributed by atoms with Gasteiger partial charge in [-0.05, 0) is 57.7 Å². The van der Waals surface area contributed by atoms with Crippen LogP contribution in [0.4, 0.5) is 14.4 Å². The van der Waals surface area contributed by atoms with Crippen LogP contribution in [0.25, 0.3) is 0 Å². The molecule has 1 aromatic carbocycles. The van der Waals surface area contributed by atoms with Crippen molar-refractivity contribution in [3.63, 3.8) is 0 Å². The number of hydrogen-bond acceptors (Lipinski definition) is 12. The van der Waals surface area contributed by atoms with Gasteiger partial charge in [-0.2, -0.15) is 0 Å². The number of ether oxygens (including phenoxy) is 7. The van der Waals surface area contributed by atoms with Crippen LogP contribution < -0.4 is 15.2 Å². The Balaban J connectivity index is 2.82. The summed E-state index contributed by atoms with van der Waals surface area (Å²) in [7, 11) is 0. The molecule has 1 rings (SSSR count). The van der Waals surface area contributed by atoms with Crippen LogP contribution in [-0.2, 0) is 34.9 Å². The van der Waals surface area contributed by atoms with Crippen molar-refractivity contribution >= 4 is 24.4 Å². The highest BCUT2D eigenvalue weighted by molar-refractivity contribution is 5.76. The van der Waals surface area contributed by atoms with Gasteiger partial charge in [0.15, 0.2) is 11.5 Å². The smallest absolute Gasteiger partial charge is 0.461 e. The summed E-state index contributed by atoms with van der Waals surface area (Å²) in [5, 5.41) is 0. The molecule has 214 valence electrons. The predicted molar refractivity (Wildman–Crippen MR) is 135 cm³/mol. The number of carbonyl (C=O) groups is 4. The first-order valence-electron chi connectivity index (χ1n) is 12.7. The fraction of sp³-hybridized carbons (Fsp3) is 0.615. The second-order valence-corrected chi connectivity index (χ2v) is 8.67. The maximum Gasteiger partial charge on any atom is 0.513 e. The molecule has 12 nitrogen and oxygen atoms in total. The molecular weight excluding hydrogens is 502 g/mol. The molecule has 12 heteroatoms. The molecule has 2 atom stereocenters. The standard InChI is InChI=1S/C26H39NO11/c1-6-8-12-32-24(29)37-21-11-10-19(15-22(21)38-25(30)33-13-9-7-2)14-20(27)23(28)34-16-18(5)36-26(31)35-17(3)4/h10-11,15,17-18,20H,6-9,12-14,16,27H2,1-5H3/t18-,20-/m0/s1. The van der Waals surface area contributed by atoms with E-state index in [0.29, 0.717) is 18.4 Å². The van der Waals surface area contributed by atoms with Crippen LogP contribution >= 0.6 is 0 Å². The van der Waals surface area contributed by atoms with E-state index in [1.165, 1.54) is 19.1 Å². The summed E-state index contributed by atoms with van der Waals surface area (Å²) in [6.45, 7) is 8.91. The van der Waals surface area contributed by atoms with Crippen molar-refractivity contribution in [1.82, 2.24) is 0 Å². The van der Waals surface area contributed by atoms with E-state index < -0.39 is 36.6 Å². The van der Waals surface area contributed by atoms with Crippen LogP contribution in [0.2, 0.25) is 0 Å². The maximum atomic E-state index is 12.4. The lowest BCUT2D eigenvalue weighted by Crippen LogP contribution is -2.36. The van der Waals surface area contributed by atoms with Gasteiger partial charge in [0.1, 0.15) is 18.8 Å². The highest BCUT2D eigenvalue weighted by Gasteiger charge is 2.21. The summed E-state index contributed by atoms with van der Waals surface area (Å²) < 4.78 is 35.4. The highest BCUT2D eigenvalue weighted by Crippen LogP contribution is 2.30. The fourth-order valence-electron chi connectivity index (χ4n) is 2.74. The largest absolute Gasteiger partial charge is 0.513 e. The molecule has 0 aliphatic heterocycles. The van der Waals surface area contributed by atoms with Crippen LogP contribution in [0.15, 0.2) is 18.2 Å². The average molecular weight is 542 g/mol. The molecule has 0 fully saturated rings. The van der Waals surface area contributed by atoms with Gasteiger partial charge in [0.05, 0.1) is 19.3 Å². The molecule has 38 heavy (non-hydrogen) atoms. The van der Waals surface area contributed by atoms with E-state index in [1.54, 1.807) is 19.9 Å². The second kappa shape index (κ2) is 17.8. The number of nitrogens with two attached hydrogens (primary N) is 1. The zero-order valence-electron chi connectivity index (χ0n) is 22.7. The van der Waals surface area contributed by atoms with Crippen LogP contribution in [0.1, 0.15) is 65.9 Å². The maximum absolute atomic E-state index is 12.4. The number of benzene rings is 1. The monoisotopic (exact) mass is 541 g/mol. The molecule has 0 unspecified atom stereocenters. The van der Waals surface area contributed by atoms with Gasteiger partial charge in [-0.25, -0.2) is 14.4 Å². The third-order valence-corrected chi connectivity index (χ3v) is 4.68. The van der Waals surface area contributed by atoms with Gasteiger partial charge in [-0.3, -0.25) is 4.79 Å². The summed E-state index contributed by atoms with van der Waals surface area (Å²) >= 11 is 0. The molecule has 0 spiro atoms. The van der Waals surface area contributed by atoms with E-state index in [0.717, 1.165) is 12.8 Å². The number of unbranched alkanes of at least 4 members (excludes halogenated alkanes) is 2. The molecule has 2 N–H and O–H groups in total. The summed E-state index contributed by atoms with van der Waals surface area (Å²) in [5.74, 6) is -0.917. The molecule has 0 heterocycles. The van der Waals surface area contributed by atoms with E-state index in [4.69, 9.17) is 38.9 Å². The van der Waals surface area contributed by atoms with Gasteiger partial charge < -0.3 is 38.9 Å². The predicted octanol–water partition coefficient (Wildman–Crippen LogP) is 4.68. The zero-order chi connectivity index (χ0) is 28.5. The Morgan fingerprint density at radius 3 is 1.92 bits per heavy atom. The van der Waals surface area contributed by atoms with Gasteiger partial charge in [-0.15, -0.1) is 0 Å². The minimum Gasteiger partial charge on any atom is -0.461 e. The zero-order valence-corrected chi connectivity index (χ0v) is 22.7. The fourth-order valence-corrected chi connectivity index (χ4v) is 2.74. The molecule has 0 aromatic heterocycles. The summed E-state index contributed by atoms with van der Waals surface area (Å²) in [6.07, 6.45) is -0.912. The first-order valence-corrected chi connectivity index (χ1v) is 12.7. The molecule has 0 saturated heterocycles. The number of hydrogen-bond donors (Lipinski definition) is 1. The lowest BCUT2D eigenvalue weighted by atomic mass is 10.1. The molecule has 1 aromatic rings. The molecule has 0 aliphatic carbocycles. The van der Waals surface area contributed by atoms with Crippen LogP contribution in [0, 0.1) is 0 Å². The molecule has 0 amide bonds. The number of esters is 1. The van der Waals surface area contributed by atoms with Gasteiger partial charge in [0.2, 0.25) is 0 Å². The Hall–Kier alpha value is -3.54. The van der Waals surface area contributed by atoms with Crippen LogP contribution in [0.5, 0.6) is 11.5 Å². The van der Waals surface area contributed by atoms with E-state index in [9.17, 15) is 19.2 Å². The van der Waals surface area contributed by atoms with Crippen molar-refractivity contribution in [3.05, 3.63) is 23.8 Å². The minimum absolute atomic E-state index is 0.00588. The van der Waals surface area contributed by atoms with Crippen LogP contribution in [-0.4, -0.2) is 62.5 Å². The summed E-state index contributed by atoms with van der Waals surface area (Å²) in [6, 6.07) is 3.25. The number of carbonyl (C=O) groups excluding carboxylic acids is 4. The Morgan fingerprint density at radius 2 is 1.37 bits per heavy atom. The normalized spacial score (nSPS) is 12.2. The van der Waals surface area contributed by atoms with E-state index in [1.807, 2.05) is 13.8 Å². The Morgan fingerprint density at radius 1 is 0.789 bits per heavy atom. The molecule has 0 bridgehead atoms. The Bertz CT molecular complexity index is 903. The van der Waals surface area contributed by atoms with Crippen molar-refractivity contribution in [2.24, 2.45) is 5.73 Å². The van der Waals surface area contributed by atoms with E-state index in [2.05, 4.69) is 0 Å². The van der Waals surface area contributed by atoms with Gasteiger partial charge >= 0.3 is 24.4 Å². The molecule has 0 saturated carbocycles.